The number of amides is 1. The summed E-state index contributed by atoms with van der Waals surface area (Å²) in [6.45, 7) is -0.650. The Hall–Kier alpha value is -5.92. The maximum Gasteiger partial charge on any atom is 0.472 e. The number of anilines is 2. The van der Waals surface area contributed by atoms with Crippen molar-refractivity contribution in [2.75, 3.05) is 90.7 Å². The molecule has 3 aliphatic rings. The Kier molecular flexibility index (Phi) is 19.2. The largest absolute Gasteiger partial charge is 0.472 e. The van der Waals surface area contributed by atoms with Gasteiger partial charge in [0.05, 0.1) is 98.4 Å². The van der Waals surface area contributed by atoms with Crippen LogP contribution in [0.1, 0.15) is 30.9 Å². The molecule has 0 radical (unpaired) electrons. The molecule has 1 aromatic carbocycles. The van der Waals surface area contributed by atoms with Crippen LogP contribution in [0, 0.1) is 30.2 Å². The topological polar surface area (TPSA) is 431 Å². The van der Waals surface area contributed by atoms with Gasteiger partial charge in [0.25, 0.3) is 11.1 Å². The van der Waals surface area contributed by atoms with Crippen LogP contribution in [0.4, 0.5) is 29.5 Å². The molecule has 38 heteroatoms. The summed E-state index contributed by atoms with van der Waals surface area (Å²) < 4.78 is 150. The van der Waals surface area contributed by atoms with E-state index in [0.717, 1.165) is 28.7 Å². The SMILES string of the molecule is Cc1c(F)c(F)c(OC(=O)CCOCCOCCOCCOCCOCCC(=O)N[C@H]2C3OP(=O)(O)OC[C@H]4O[C@@H](n5cnc6c(=O)[nH]c(N)nc65)[C@@H](O)C4OP(=O)(O)OC[C@H]3O[C@H]2n2cnc3c(=O)[nH]c(N)nc32)c(F)c1F. The molecular formula is C41H51F4N11O21P2. The summed E-state index contributed by atoms with van der Waals surface area (Å²) in [4.78, 5) is 93.4. The number of nitrogens with one attached hydrogen (secondary N) is 3. The number of rotatable bonds is 22. The fourth-order valence-corrected chi connectivity index (χ4v) is 10.0. The lowest BCUT2D eigenvalue weighted by atomic mass is 10.1. The van der Waals surface area contributed by atoms with Gasteiger partial charge in [0.15, 0.2) is 46.4 Å². The van der Waals surface area contributed by atoms with E-state index in [-0.39, 0.29) is 107 Å². The Morgan fingerprint density at radius 2 is 1.13 bits per heavy atom. The van der Waals surface area contributed by atoms with Gasteiger partial charge in [0.1, 0.15) is 36.6 Å². The lowest BCUT2D eigenvalue weighted by Crippen LogP contribution is -2.48. The maximum absolute atomic E-state index is 13.9. The summed E-state index contributed by atoms with van der Waals surface area (Å²) in [6.07, 6.45) is -10.4. The van der Waals surface area contributed by atoms with Crippen LogP contribution in [0.15, 0.2) is 22.2 Å². The van der Waals surface area contributed by atoms with Gasteiger partial charge < -0.3 is 69.6 Å². The van der Waals surface area contributed by atoms with E-state index in [4.69, 9.17) is 62.7 Å². The van der Waals surface area contributed by atoms with Gasteiger partial charge in [-0.2, -0.15) is 18.7 Å². The molecule has 4 aromatic heterocycles. The van der Waals surface area contributed by atoms with E-state index in [0.29, 0.717) is 0 Å². The third kappa shape index (κ3) is 14.2. The number of carbonyl (C=O) groups is 2. The number of imidazole rings is 2. The second-order valence-electron chi connectivity index (χ2n) is 17.2. The van der Waals surface area contributed by atoms with E-state index >= 15 is 0 Å². The van der Waals surface area contributed by atoms with Crippen molar-refractivity contribution in [2.24, 2.45) is 0 Å². The van der Waals surface area contributed by atoms with Gasteiger partial charge in [0.2, 0.25) is 35.2 Å². The summed E-state index contributed by atoms with van der Waals surface area (Å²) in [5.74, 6) is -11.1. The van der Waals surface area contributed by atoms with E-state index in [1.165, 1.54) is 0 Å². The van der Waals surface area contributed by atoms with E-state index in [1.807, 2.05) is 0 Å². The minimum Gasteiger partial charge on any atom is -0.420 e. The number of hydrogen-bond acceptors (Lipinski definition) is 25. The number of halogens is 4. The van der Waals surface area contributed by atoms with Crippen molar-refractivity contribution in [1.29, 1.82) is 0 Å². The van der Waals surface area contributed by atoms with Crippen molar-refractivity contribution in [3.63, 3.8) is 0 Å². The molecule has 10 N–H and O–H groups in total. The van der Waals surface area contributed by atoms with Gasteiger partial charge in [-0.1, -0.05) is 0 Å². The fraction of sp³-hybridized carbons (Fsp3) is 0.561. The van der Waals surface area contributed by atoms with E-state index in [2.05, 4.69) is 40.0 Å². The van der Waals surface area contributed by atoms with Crippen molar-refractivity contribution in [1.82, 2.24) is 44.4 Å². The number of esters is 1. The Morgan fingerprint density at radius 3 is 1.63 bits per heavy atom. The van der Waals surface area contributed by atoms with Crippen LogP contribution in [0.2, 0.25) is 0 Å². The van der Waals surface area contributed by atoms with Crippen molar-refractivity contribution < 1.29 is 107 Å². The van der Waals surface area contributed by atoms with Gasteiger partial charge in [-0.3, -0.25) is 56.4 Å². The van der Waals surface area contributed by atoms with Crippen LogP contribution in [0.25, 0.3) is 22.3 Å². The van der Waals surface area contributed by atoms with Gasteiger partial charge in [-0.25, -0.2) is 27.9 Å². The summed E-state index contributed by atoms with van der Waals surface area (Å²) in [7, 11) is -10.6. The lowest BCUT2D eigenvalue weighted by molar-refractivity contribution is -0.136. The number of hydrogen-bond donors (Lipinski definition) is 8. The number of aromatic nitrogens is 8. The molecule has 0 aliphatic carbocycles. The van der Waals surface area contributed by atoms with E-state index < -0.39 is 142 Å². The molecule has 7 heterocycles. The average molecular weight is 1170 g/mol. The highest BCUT2D eigenvalue weighted by molar-refractivity contribution is 7.47. The van der Waals surface area contributed by atoms with Crippen LogP contribution in [0.3, 0.4) is 0 Å². The molecule has 0 bridgehead atoms. The molecule has 10 atom stereocenters. The van der Waals surface area contributed by atoms with Gasteiger partial charge in [-0.05, 0) is 6.92 Å². The predicted molar refractivity (Wildman–Crippen MR) is 252 cm³/mol. The minimum absolute atomic E-state index is 0.0202. The predicted octanol–water partition coefficient (Wildman–Crippen LogP) is -0.591. The average Bonchev–Trinajstić information content (AvgIpc) is 4.26. The summed E-state index contributed by atoms with van der Waals surface area (Å²) in [5, 5.41) is 14.0. The number of aromatic amines is 2. The standard InChI is InChI=1S/C41H51F4N11O21P2/c1-18-23(42)25(44)33(26(45)24(18)43)75-22(58)3-5-67-7-9-69-11-13-70-12-10-68-8-6-66-4-2-21(57)50-27-31-19(73-38(27)55-16-48-28-34(55)51-40(46)53-36(28)60)14-71-79(64,65)77-32-20(15-72-78(62,63)76-31)74-39(30(32)59)56-17-49-29-35(56)52-41(47)54-37(29)61/h16-17,19-20,27,30-32,38-39,59H,2-15H2,1H3,(H,50,57)(H,62,63)(H,64,65)(H3,46,51,53,60)(H3,47,52,54,61)/t19-,20-,27+,30+,31?,32?,38-,39-/m1/s1. The Bertz CT molecular complexity index is 3200. The Morgan fingerprint density at radius 1 is 0.696 bits per heavy atom. The normalized spacial score (nSPS) is 26.4. The van der Waals surface area contributed by atoms with Gasteiger partial charge >= 0.3 is 21.6 Å². The van der Waals surface area contributed by atoms with E-state index in [9.17, 15) is 60.8 Å². The van der Waals surface area contributed by atoms with Crippen LogP contribution >= 0.6 is 15.6 Å². The summed E-state index contributed by atoms with van der Waals surface area (Å²) in [6, 6.07) is -1.52. The molecule has 3 fully saturated rings. The number of nitrogen functional groups attached to an aromatic ring is 2. The molecule has 32 nitrogen and oxygen atoms in total. The first-order valence-corrected chi connectivity index (χ1v) is 26.6. The highest BCUT2D eigenvalue weighted by Crippen LogP contribution is 2.54. The number of fused-ring (bicyclic) bond motifs is 4. The molecule has 5 aromatic rings. The molecule has 8 rings (SSSR count). The lowest BCUT2D eigenvalue weighted by Gasteiger charge is -2.29. The third-order valence-electron chi connectivity index (χ3n) is 11.8. The molecule has 1 amide bonds. The van der Waals surface area contributed by atoms with Gasteiger partial charge in [0, 0.05) is 12.0 Å². The Labute approximate surface area is 440 Å². The first-order valence-electron chi connectivity index (χ1n) is 23.6. The van der Waals surface area contributed by atoms with Crippen LogP contribution < -0.4 is 32.6 Å². The monoisotopic (exact) mass is 1170 g/mol. The number of nitrogens with zero attached hydrogens (tertiary/aromatic N) is 6. The maximum atomic E-state index is 13.9. The molecule has 79 heavy (non-hydrogen) atoms. The number of carbonyl (C=O) groups excluding carboxylic acids is 2. The molecular weight excluding hydrogens is 1120 g/mol. The molecule has 4 unspecified atom stereocenters. The van der Waals surface area contributed by atoms with Gasteiger partial charge in [-0.15, -0.1) is 0 Å². The first-order chi connectivity index (χ1) is 37.6. The number of ether oxygens (including phenoxy) is 8. The highest BCUT2D eigenvalue weighted by Gasteiger charge is 2.55. The van der Waals surface area contributed by atoms with Crippen molar-refractivity contribution >= 4 is 61.7 Å². The molecule has 0 spiro atoms. The van der Waals surface area contributed by atoms with Crippen LogP contribution in [0.5, 0.6) is 5.75 Å². The number of aliphatic hydroxyl groups excluding tert-OH is 1. The number of aliphatic hydroxyl groups is 1. The zero-order chi connectivity index (χ0) is 56.8. The second-order valence-corrected chi connectivity index (χ2v) is 20.0. The van der Waals surface area contributed by atoms with Crippen molar-refractivity contribution in [2.45, 2.75) is 68.8 Å². The molecule has 3 aliphatic heterocycles. The zero-order valence-corrected chi connectivity index (χ0v) is 42.9. The fourth-order valence-electron chi connectivity index (χ4n) is 8.11. The first kappa shape index (κ1) is 59.2. The van der Waals surface area contributed by atoms with E-state index in [1.54, 1.807) is 0 Å². The van der Waals surface area contributed by atoms with Crippen LogP contribution in [-0.4, -0.2) is 182 Å². The minimum atomic E-state index is -5.30. The number of nitrogens with two attached hydrogens (primary N) is 2. The number of benzene rings is 1. The number of phosphoric ester groups is 2. The number of phosphoric acid groups is 2. The molecule has 434 valence electrons. The second kappa shape index (κ2) is 25.7. The summed E-state index contributed by atoms with van der Waals surface area (Å²) in [5.41, 5.74) is 8.34. The van der Waals surface area contributed by atoms with Crippen molar-refractivity contribution in [3.8, 4) is 5.75 Å². The zero-order valence-electron chi connectivity index (χ0n) is 41.1. The van der Waals surface area contributed by atoms with Crippen LogP contribution in [-0.2, 0) is 70.0 Å². The Balaban J connectivity index is 0.791. The quantitative estimate of drug-likeness (QED) is 0.0107. The molecule has 0 saturated carbocycles. The molecule has 3 saturated heterocycles. The summed E-state index contributed by atoms with van der Waals surface area (Å²) >= 11 is 0. The highest BCUT2D eigenvalue weighted by atomic mass is 31.2. The smallest absolute Gasteiger partial charge is 0.420 e. The third-order valence-corrected chi connectivity index (χ3v) is 13.8. The van der Waals surface area contributed by atoms with Crippen molar-refractivity contribution in [3.05, 3.63) is 62.2 Å². The number of H-pyrrole nitrogens is 2.